The van der Waals surface area contributed by atoms with E-state index in [9.17, 15) is 5.26 Å². The van der Waals surface area contributed by atoms with Crippen molar-refractivity contribution in [3.05, 3.63) is 75.8 Å². The van der Waals surface area contributed by atoms with E-state index in [4.69, 9.17) is 23.2 Å². The lowest BCUT2D eigenvalue weighted by Gasteiger charge is -2.05. The minimum Gasteiger partial charge on any atom is -0.337 e. The molecule has 0 saturated carbocycles. The van der Waals surface area contributed by atoms with E-state index in [1.54, 1.807) is 16.8 Å². The first kappa shape index (κ1) is 17.3. The molecule has 0 aliphatic carbocycles. The van der Waals surface area contributed by atoms with Gasteiger partial charge in [0.2, 0.25) is 0 Å². The molecule has 4 aromatic rings. The second kappa shape index (κ2) is 6.92. The number of hydrogen-bond acceptors (Lipinski definition) is 3. The third-order valence-corrected chi connectivity index (χ3v) is 4.87. The monoisotopic (exact) mass is 393 g/mol. The Hall–Kier alpha value is -3.07. The zero-order valence-electron chi connectivity index (χ0n) is 14.2. The van der Waals surface area contributed by atoms with Crippen LogP contribution in [0.5, 0.6) is 0 Å². The normalized spacial score (nSPS) is 11.7. The number of rotatable bonds is 3. The van der Waals surface area contributed by atoms with Gasteiger partial charge in [-0.1, -0.05) is 47.5 Å². The van der Waals surface area contributed by atoms with E-state index in [-0.39, 0.29) is 0 Å². The number of halogens is 2. The van der Waals surface area contributed by atoms with Crippen molar-refractivity contribution in [1.29, 1.82) is 5.26 Å². The number of allylic oxidation sites excluding steroid dienone is 1. The highest BCUT2D eigenvalue weighted by Crippen LogP contribution is 2.30. The number of hydrogen-bond donors (Lipinski definition) is 1. The van der Waals surface area contributed by atoms with Gasteiger partial charge in [0.25, 0.3) is 0 Å². The molecule has 0 unspecified atom stereocenters. The van der Waals surface area contributed by atoms with Gasteiger partial charge in [-0.2, -0.15) is 10.4 Å². The Bertz CT molecular complexity index is 1190. The van der Waals surface area contributed by atoms with Crippen molar-refractivity contribution >= 4 is 45.9 Å². The number of aromatic nitrogens is 4. The van der Waals surface area contributed by atoms with Crippen LogP contribution in [0.2, 0.25) is 10.2 Å². The Morgan fingerprint density at radius 2 is 1.89 bits per heavy atom. The largest absolute Gasteiger partial charge is 0.337 e. The van der Waals surface area contributed by atoms with Crippen molar-refractivity contribution < 1.29 is 0 Å². The second-order valence-electron chi connectivity index (χ2n) is 5.93. The second-order valence-corrected chi connectivity index (χ2v) is 6.69. The van der Waals surface area contributed by atoms with Crippen molar-refractivity contribution in [1.82, 2.24) is 19.7 Å². The van der Waals surface area contributed by atoms with E-state index in [1.807, 2.05) is 49.4 Å². The summed E-state index contributed by atoms with van der Waals surface area (Å²) >= 11 is 12.8. The van der Waals surface area contributed by atoms with Gasteiger partial charge in [0.05, 0.1) is 33.0 Å². The van der Waals surface area contributed by atoms with Gasteiger partial charge in [-0.3, -0.25) is 0 Å². The number of para-hydroxylation sites is 3. The molecule has 2 heterocycles. The standard InChI is InChI=1S/C20H13Cl2N5/c1-12-14(19(22)27(26-12)18-9-5-2-6-15(18)21)10-13(11-23)20-24-16-7-3-4-8-17(16)25-20/h2-10H,1H3,(H,24,25)/b13-10+. The number of nitriles is 1. The average molecular weight is 394 g/mol. The number of benzene rings is 2. The Morgan fingerprint density at radius 3 is 2.63 bits per heavy atom. The predicted octanol–water partition coefficient (Wildman–Crippen LogP) is 5.43. The molecular formula is C20H13Cl2N5. The summed E-state index contributed by atoms with van der Waals surface area (Å²) in [6.07, 6.45) is 1.69. The summed E-state index contributed by atoms with van der Waals surface area (Å²) < 4.78 is 1.57. The zero-order chi connectivity index (χ0) is 19.0. The van der Waals surface area contributed by atoms with Crippen LogP contribution in [0.3, 0.4) is 0 Å². The van der Waals surface area contributed by atoms with Crippen molar-refractivity contribution in [2.75, 3.05) is 0 Å². The van der Waals surface area contributed by atoms with Crippen LogP contribution < -0.4 is 0 Å². The fourth-order valence-corrected chi connectivity index (χ4v) is 3.37. The van der Waals surface area contributed by atoms with Gasteiger partial charge in [-0.05, 0) is 37.3 Å². The van der Waals surface area contributed by atoms with Gasteiger partial charge >= 0.3 is 0 Å². The number of fused-ring (bicyclic) bond motifs is 1. The SMILES string of the molecule is Cc1nn(-c2ccccc2Cl)c(Cl)c1/C=C(\C#N)c1nc2ccccc2[nH]1. The van der Waals surface area contributed by atoms with E-state index in [0.717, 1.165) is 11.0 Å². The quantitative estimate of drug-likeness (QED) is 0.471. The lowest BCUT2D eigenvalue weighted by atomic mass is 10.1. The van der Waals surface area contributed by atoms with Crippen LogP contribution in [-0.2, 0) is 0 Å². The molecule has 2 aromatic heterocycles. The Balaban J connectivity index is 1.83. The van der Waals surface area contributed by atoms with Crippen molar-refractivity contribution in [3.8, 4) is 11.8 Å². The molecule has 2 aromatic carbocycles. The smallest absolute Gasteiger partial charge is 0.149 e. The van der Waals surface area contributed by atoms with Crippen molar-refractivity contribution in [2.45, 2.75) is 6.92 Å². The highest BCUT2D eigenvalue weighted by Gasteiger charge is 2.17. The number of aromatic amines is 1. The lowest BCUT2D eigenvalue weighted by molar-refractivity contribution is 0.863. The summed E-state index contributed by atoms with van der Waals surface area (Å²) in [6.45, 7) is 1.83. The van der Waals surface area contributed by atoms with Crippen LogP contribution in [0.15, 0.2) is 48.5 Å². The van der Waals surface area contributed by atoms with E-state index in [0.29, 0.717) is 38.5 Å². The third kappa shape index (κ3) is 3.10. The zero-order valence-corrected chi connectivity index (χ0v) is 15.8. The lowest BCUT2D eigenvalue weighted by Crippen LogP contribution is -1.97. The van der Waals surface area contributed by atoms with E-state index in [1.165, 1.54) is 0 Å². The minimum atomic E-state index is 0.370. The first-order valence-electron chi connectivity index (χ1n) is 8.15. The summed E-state index contributed by atoms with van der Waals surface area (Å²) in [6, 6.07) is 17.1. The fraction of sp³-hybridized carbons (Fsp3) is 0.0500. The van der Waals surface area contributed by atoms with Crippen molar-refractivity contribution in [2.24, 2.45) is 0 Å². The van der Waals surface area contributed by atoms with Gasteiger partial charge in [-0.25, -0.2) is 9.67 Å². The molecule has 4 rings (SSSR count). The predicted molar refractivity (Wildman–Crippen MR) is 108 cm³/mol. The summed E-state index contributed by atoms with van der Waals surface area (Å²) in [4.78, 5) is 7.64. The van der Waals surface area contributed by atoms with Crippen LogP contribution in [-0.4, -0.2) is 19.7 Å². The number of aryl methyl sites for hydroxylation is 1. The van der Waals surface area contributed by atoms with Crippen LogP contribution in [0.25, 0.3) is 28.4 Å². The van der Waals surface area contributed by atoms with Gasteiger partial charge < -0.3 is 4.98 Å². The molecular weight excluding hydrogens is 381 g/mol. The minimum absolute atomic E-state index is 0.370. The first-order valence-corrected chi connectivity index (χ1v) is 8.91. The molecule has 7 heteroatoms. The molecule has 0 saturated heterocycles. The van der Waals surface area contributed by atoms with Crippen molar-refractivity contribution in [3.63, 3.8) is 0 Å². The highest BCUT2D eigenvalue weighted by atomic mass is 35.5. The molecule has 0 radical (unpaired) electrons. The van der Waals surface area contributed by atoms with E-state index >= 15 is 0 Å². The molecule has 1 N–H and O–H groups in total. The third-order valence-electron chi connectivity index (χ3n) is 4.18. The number of nitrogens with zero attached hydrogens (tertiary/aromatic N) is 4. The molecule has 0 amide bonds. The summed E-state index contributed by atoms with van der Waals surface area (Å²) in [5.41, 5.74) is 4.04. The molecule has 27 heavy (non-hydrogen) atoms. The molecule has 0 atom stereocenters. The van der Waals surface area contributed by atoms with E-state index in [2.05, 4.69) is 21.1 Å². The number of imidazole rings is 1. The maximum absolute atomic E-state index is 9.65. The Morgan fingerprint density at radius 1 is 1.15 bits per heavy atom. The first-order chi connectivity index (χ1) is 13.1. The highest BCUT2D eigenvalue weighted by molar-refractivity contribution is 6.33. The number of nitrogens with one attached hydrogen (secondary N) is 1. The Kier molecular flexibility index (Phi) is 4.44. The Labute approximate surface area is 165 Å². The van der Waals surface area contributed by atoms with Crippen LogP contribution >= 0.6 is 23.2 Å². The fourth-order valence-electron chi connectivity index (χ4n) is 2.84. The molecule has 0 spiro atoms. The van der Waals surface area contributed by atoms with Gasteiger partial charge in [0.15, 0.2) is 0 Å². The van der Waals surface area contributed by atoms with Gasteiger partial charge in [-0.15, -0.1) is 0 Å². The summed E-state index contributed by atoms with van der Waals surface area (Å²) in [7, 11) is 0. The molecule has 0 fully saturated rings. The van der Waals surface area contributed by atoms with E-state index < -0.39 is 0 Å². The van der Waals surface area contributed by atoms with Crippen LogP contribution in [0, 0.1) is 18.3 Å². The molecule has 0 aliphatic heterocycles. The molecule has 5 nitrogen and oxygen atoms in total. The average Bonchev–Trinajstić information content (AvgIpc) is 3.22. The number of H-pyrrole nitrogens is 1. The molecule has 0 bridgehead atoms. The molecule has 132 valence electrons. The topological polar surface area (TPSA) is 70.3 Å². The van der Waals surface area contributed by atoms with Crippen LogP contribution in [0.4, 0.5) is 0 Å². The summed E-state index contributed by atoms with van der Waals surface area (Å²) in [5, 5.41) is 15.0. The van der Waals surface area contributed by atoms with Gasteiger partial charge in [0, 0.05) is 5.56 Å². The maximum Gasteiger partial charge on any atom is 0.149 e. The summed E-state index contributed by atoms with van der Waals surface area (Å²) in [5.74, 6) is 0.486. The van der Waals surface area contributed by atoms with Crippen LogP contribution in [0.1, 0.15) is 17.1 Å². The molecule has 0 aliphatic rings. The maximum atomic E-state index is 9.65. The van der Waals surface area contributed by atoms with Gasteiger partial charge in [0.1, 0.15) is 17.0 Å².